The molecule has 2 heterocycles. The predicted molar refractivity (Wildman–Crippen MR) is 100 cm³/mol. The van der Waals surface area contributed by atoms with E-state index in [9.17, 15) is 4.79 Å². The number of nitrogens with zero attached hydrogens (tertiary/aromatic N) is 3. The Morgan fingerprint density at radius 1 is 1.16 bits per heavy atom. The highest BCUT2D eigenvalue weighted by atomic mass is 16.5. The van der Waals surface area contributed by atoms with Crippen molar-refractivity contribution in [3.05, 3.63) is 29.8 Å². The number of carbonyl (C=O) groups excluding carboxylic acids is 1. The van der Waals surface area contributed by atoms with Crippen molar-refractivity contribution in [3.8, 4) is 5.75 Å². The Morgan fingerprint density at radius 2 is 1.88 bits per heavy atom. The van der Waals surface area contributed by atoms with Gasteiger partial charge in [0.2, 0.25) is 5.91 Å². The number of hydrogen-bond acceptors (Lipinski definition) is 4. The predicted octanol–water partition coefficient (Wildman–Crippen LogP) is 2.04. The van der Waals surface area contributed by atoms with Crippen molar-refractivity contribution < 1.29 is 9.53 Å². The summed E-state index contributed by atoms with van der Waals surface area (Å²) >= 11 is 0. The minimum Gasteiger partial charge on any atom is -0.496 e. The molecule has 5 heteroatoms. The molecule has 0 N–H and O–H groups in total. The number of ether oxygens (including phenoxy) is 1. The third-order valence-corrected chi connectivity index (χ3v) is 5.76. The number of methoxy groups -OCH3 is 1. The zero-order valence-corrected chi connectivity index (χ0v) is 15.8. The molecule has 25 heavy (non-hydrogen) atoms. The van der Waals surface area contributed by atoms with Gasteiger partial charge in [-0.2, -0.15) is 0 Å². The molecule has 1 aromatic rings. The number of piperidine rings is 1. The molecule has 2 fully saturated rings. The number of amides is 1. The van der Waals surface area contributed by atoms with Crippen LogP contribution < -0.4 is 4.74 Å². The molecule has 0 radical (unpaired) electrons. The molecule has 0 saturated carbocycles. The van der Waals surface area contributed by atoms with Crippen molar-refractivity contribution in [2.45, 2.75) is 31.2 Å². The maximum absolute atomic E-state index is 12.6. The highest BCUT2D eigenvalue weighted by molar-refractivity contribution is 5.78. The van der Waals surface area contributed by atoms with Crippen LogP contribution in [0.15, 0.2) is 24.3 Å². The molecule has 3 rings (SSSR count). The number of likely N-dealkylation sites (tertiary alicyclic amines) is 2. The second-order valence-electron chi connectivity index (χ2n) is 7.54. The van der Waals surface area contributed by atoms with Crippen LogP contribution in [0.3, 0.4) is 0 Å². The number of rotatable bonds is 5. The van der Waals surface area contributed by atoms with Crippen molar-refractivity contribution in [2.75, 3.05) is 53.9 Å². The number of likely N-dealkylation sites (N-methyl/N-ethyl adjacent to an activating group) is 1. The highest BCUT2D eigenvalue weighted by Gasteiger charge is 2.29. The summed E-state index contributed by atoms with van der Waals surface area (Å²) < 4.78 is 5.50. The Hall–Kier alpha value is -1.59. The SMILES string of the molecule is COc1ccccc1C1CCN(C(=O)CN2CCC(N(C)C)C2)CC1. The van der Waals surface area contributed by atoms with Crippen LogP contribution in [-0.2, 0) is 4.79 Å². The van der Waals surface area contributed by atoms with E-state index in [2.05, 4.69) is 40.9 Å². The second-order valence-corrected chi connectivity index (χ2v) is 7.54. The van der Waals surface area contributed by atoms with Crippen LogP contribution in [0.25, 0.3) is 0 Å². The quantitative estimate of drug-likeness (QED) is 0.818. The first-order valence-electron chi connectivity index (χ1n) is 9.38. The Labute approximate surface area is 151 Å². The third-order valence-electron chi connectivity index (χ3n) is 5.76. The van der Waals surface area contributed by atoms with E-state index in [4.69, 9.17) is 4.74 Å². The molecule has 2 aliphatic heterocycles. The van der Waals surface area contributed by atoms with Crippen molar-refractivity contribution in [1.29, 1.82) is 0 Å². The van der Waals surface area contributed by atoms with Crippen molar-refractivity contribution >= 4 is 5.91 Å². The van der Waals surface area contributed by atoms with E-state index in [-0.39, 0.29) is 5.91 Å². The topological polar surface area (TPSA) is 36.0 Å². The summed E-state index contributed by atoms with van der Waals surface area (Å²) in [6.07, 6.45) is 3.20. The fraction of sp³-hybridized carbons (Fsp3) is 0.650. The van der Waals surface area contributed by atoms with E-state index < -0.39 is 0 Å². The van der Waals surface area contributed by atoms with Gasteiger partial charge in [-0.1, -0.05) is 18.2 Å². The lowest BCUT2D eigenvalue weighted by Gasteiger charge is -2.33. The fourth-order valence-electron chi connectivity index (χ4n) is 4.11. The zero-order valence-electron chi connectivity index (χ0n) is 15.8. The molecule has 138 valence electrons. The van der Waals surface area contributed by atoms with Gasteiger partial charge in [0.05, 0.1) is 13.7 Å². The van der Waals surface area contributed by atoms with E-state index in [0.29, 0.717) is 18.5 Å². The molecule has 0 aliphatic carbocycles. The maximum atomic E-state index is 12.6. The number of para-hydroxylation sites is 1. The Balaban J connectivity index is 1.50. The summed E-state index contributed by atoms with van der Waals surface area (Å²) in [6.45, 7) is 4.32. The van der Waals surface area contributed by atoms with Gasteiger partial charge in [-0.25, -0.2) is 0 Å². The molecular weight excluding hydrogens is 314 g/mol. The maximum Gasteiger partial charge on any atom is 0.236 e. The smallest absolute Gasteiger partial charge is 0.236 e. The lowest BCUT2D eigenvalue weighted by Crippen LogP contribution is -2.44. The summed E-state index contributed by atoms with van der Waals surface area (Å²) in [4.78, 5) is 19.3. The third kappa shape index (κ3) is 4.33. The monoisotopic (exact) mass is 345 g/mol. The van der Waals surface area contributed by atoms with Gasteiger partial charge in [0, 0.05) is 32.2 Å². The molecule has 1 unspecified atom stereocenters. The van der Waals surface area contributed by atoms with Gasteiger partial charge in [0.25, 0.3) is 0 Å². The molecule has 1 amide bonds. The first-order chi connectivity index (χ1) is 12.1. The first kappa shape index (κ1) is 18.2. The standard InChI is InChI=1S/C20H31N3O2/c1-21(2)17-10-11-22(14-17)15-20(24)23-12-8-16(9-13-23)18-6-4-5-7-19(18)25-3/h4-7,16-17H,8-15H2,1-3H3. The van der Waals surface area contributed by atoms with E-state index in [1.165, 1.54) is 5.56 Å². The van der Waals surface area contributed by atoms with Crippen LogP contribution in [0.2, 0.25) is 0 Å². The van der Waals surface area contributed by atoms with Crippen LogP contribution >= 0.6 is 0 Å². The molecule has 1 aromatic carbocycles. The Bertz CT molecular complexity index is 582. The summed E-state index contributed by atoms with van der Waals surface area (Å²) in [7, 11) is 5.98. The number of hydrogen-bond donors (Lipinski definition) is 0. The average molecular weight is 345 g/mol. The van der Waals surface area contributed by atoms with E-state index in [1.807, 2.05) is 12.1 Å². The fourth-order valence-corrected chi connectivity index (χ4v) is 4.11. The van der Waals surface area contributed by atoms with E-state index in [1.54, 1.807) is 7.11 Å². The Morgan fingerprint density at radius 3 is 2.52 bits per heavy atom. The lowest BCUT2D eigenvalue weighted by atomic mass is 9.89. The second kappa shape index (κ2) is 8.19. The van der Waals surface area contributed by atoms with Gasteiger partial charge in [-0.05, 0) is 50.9 Å². The summed E-state index contributed by atoms with van der Waals surface area (Å²) in [6, 6.07) is 8.86. The molecule has 0 bridgehead atoms. The normalized spacial score (nSPS) is 22.6. The van der Waals surface area contributed by atoms with Gasteiger partial charge in [-0.15, -0.1) is 0 Å². The number of carbonyl (C=O) groups is 1. The van der Waals surface area contributed by atoms with Gasteiger partial charge in [-0.3, -0.25) is 9.69 Å². The highest BCUT2D eigenvalue weighted by Crippen LogP contribution is 2.34. The van der Waals surface area contributed by atoms with Crippen LogP contribution in [0.5, 0.6) is 5.75 Å². The van der Waals surface area contributed by atoms with Gasteiger partial charge in [0.15, 0.2) is 0 Å². The average Bonchev–Trinajstić information content (AvgIpc) is 3.10. The summed E-state index contributed by atoms with van der Waals surface area (Å²) in [5.74, 6) is 1.75. The molecular formula is C20H31N3O2. The van der Waals surface area contributed by atoms with Gasteiger partial charge in [0.1, 0.15) is 5.75 Å². The van der Waals surface area contributed by atoms with Gasteiger partial charge >= 0.3 is 0 Å². The molecule has 2 aliphatic rings. The van der Waals surface area contributed by atoms with Crippen molar-refractivity contribution in [1.82, 2.24) is 14.7 Å². The molecule has 0 aromatic heterocycles. The van der Waals surface area contributed by atoms with Crippen molar-refractivity contribution in [3.63, 3.8) is 0 Å². The molecule has 0 spiro atoms. The van der Waals surface area contributed by atoms with E-state index in [0.717, 1.165) is 51.2 Å². The molecule has 2 saturated heterocycles. The first-order valence-corrected chi connectivity index (χ1v) is 9.38. The minimum absolute atomic E-state index is 0.290. The van der Waals surface area contributed by atoms with Crippen LogP contribution in [0.4, 0.5) is 0 Å². The Kier molecular flexibility index (Phi) is 5.97. The largest absolute Gasteiger partial charge is 0.496 e. The summed E-state index contributed by atoms with van der Waals surface area (Å²) in [5, 5.41) is 0. The van der Waals surface area contributed by atoms with Gasteiger partial charge < -0.3 is 14.5 Å². The van der Waals surface area contributed by atoms with Crippen molar-refractivity contribution in [2.24, 2.45) is 0 Å². The zero-order chi connectivity index (χ0) is 17.8. The van der Waals surface area contributed by atoms with Crippen LogP contribution in [0.1, 0.15) is 30.7 Å². The van der Waals surface area contributed by atoms with E-state index >= 15 is 0 Å². The van der Waals surface area contributed by atoms with Crippen LogP contribution in [0, 0.1) is 0 Å². The minimum atomic E-state index is 0.290. The molecule has 1 atom stereocenters. The molecule has 5 nitrogen and oxygen atoms in total. The lowest BCUT2D eigenvalue weighted by molar-refractivity contribution is -0.133. The van der Waals surface area contributed by atoms with Crippen LogP contribution in [-0.4, -0.2) is 80.6 Å². The number of benzene rings is 1. The summed E-state index contributed by atoms with van der Waals surface area (Å²) in [5.41, 5.74) is 1.28.